The number of benzene rings is 2. The van der Waals surface area contributed by atoms with E-state index >= 15 is 0 Å². The summed E-state index contributed by atoms with van der Waals surface area (Å²) < 4.78 is 18.8. The molecule has 5 nitrogen and oxygen atoms in total. The van der Waals surface area contributed by atoms with Crippen LogP contribution in [-0.2, 0) is 16.1 Å². The van der Waals surface area contributed by atoms with E-state index in [4.69, 9.17) is 4.74 Å². The SMILES string of the molecule is CCN(Cc1ccc(OC)c(F)c1)C(=O)CN1C(=O)CSc2ccccc21. The monoisotopic (exact) mass is 388 g/mol. The van der Waals surface area contributed by atoms with Crippen molar-refractivity contribution in [2.45, 2.75) is 18.4 Å². The summed E-state index contributed by atoms with van der Waals surface area (Å²) in [7, 11) is 1.41. The number of nitrogens with zero attached hydrogens (tertiary/aromatic N) is 2. The molecule has 1 heterocycles. The van der Waals surface area contributed by atoms with E-state index < -0.39 is 5.82 Å². The van der Waals surface area contributed by atoms with Gasteiger partial charge in [0.15, 0.2) is 11.6 Å². The van der Waals surface area contributed by atoms with Crippen LogP contribution in [-0.4, -0.2) is 42.7 Å². The Morgan fingerprint density at radius 1 is 1.30 bits per heavy atom. The third kappa shape index (κ3) is 4.24. The quantitative estimate of drug-likeness (QED) is 0.762. The number of carbonyl (C=O) groups is 2. The van der Waals surface area contributed by atoms with Crippen LogP contribution in [0.2, 0.25) is 0 Å². The number of hydrogen-bond donors (Lipinski definition) is 0. The number of methoxy groups -OCH3 is 1. The summed E-state index contributed by atoms with van der Waals surface area (Å²) >= 11 is 1.48. The molecule has 2 amide bonds. The van der Waals surface area contributed by atoms with E-state index in [9.17, 15) is 14.0 Å². The van der Waals surface area contributed by atoms with E-state index in [1.54, 1.807) is 17.0 Å². The van der Waals surface area contributed by atoms with Crippen LogP contribution in [0.5, 0.6) is 5.75 Å². The molecule has 1 aliphatic heterocycles. The van der Waals surface area contributed by atoms with E-state index in [0.717, 1.165) is 10.6 Å². The fourth-order valence-electron chi connectivity index (χ4n) is 2.97. The van der Waals surface area contributed by atoms with Gasteiger partial charge >= 0.3 is 0 Å². The number of thioether (sulfide) groups is 1. The van der Waals surface area contributed by atoms with Crippen molar-refractivity contribution in [2.75, 3.05) is 30.9 Å². The molecule has 142 valence electrons. The molecule has 0 saturated carbocycles. The van der Waals surface area contributed by atoms with Crippen LogP contribution in [0, 0.1) is 5.82 Å². The zero-order valence-corrected chi connectivity index (χ0v) is 16.1. The molecule has 2 aromatic rings. The minimum absolute atomic E-state index is 0.0249. The van der Waals surface area contributed by atoms with Crippen LogP contribution in [0.4, 0.5) is 10.1 Å². The molecule has 3 rings (SSSR count). The van der Waals surface area contributed by atoms with Crippen LogP contribution in [0.1, 0.15) is 12.5 Å². The number of rotatable bonds is 6. The Bertz CT molecular complexity index is 859. The third-order valence-corrected chi connectivity index (χ3v) is 5.47. The van der Waals surface area contributed by atoms with E-state index in [1.807, 2.05) is 31.2 Å². The zero-order chi connectivity index (χ0) is 19.4. The highest BCUT2D eigenvalue weighted by molar-refractivity contribution is 8.00. The first-order valence-electron chi connectivity index (χ1n) is 8.66. The Morgan fingerprint density at radius 3 is 2.78 bits per heavy atom. The van der Waals surface area contributed by atoms with Gasteiger partial charge in [0.05, 0.1) is 18.6 Å². The molecule has 0 unspecified atom stereocenters. The maximum absolute atomic E-state index is 13.9. The zero-order valence-electron chi connectivity index (χ0n) is 15.3. The van der Waals surface area contributed by atoms with Crippen molar-refractivity contribution in [3.8, 4) is 5.75 Å². The van der Waals surface area contributed by atoms with E-state index in [0.29, 0.717) is 17.9 Å². The van der Waals surface area contributed by atoms with Crippen LogP contribution in [0.3, 0.4) is 0 Å². The van der Waals surface area contributed by atoms with Crippen molar-refractivity contribution in [3.63, 3.8) is 0 Å². The van der Waals surface area contributed by atoms with Crippen molar-refractivity contribution in [1.29, 1.82) is 0 Å². The molecule has 2 aromatic carbocycles. The number of halogens is 1. The van der Waals surface area contributed by atoms with Gasteiger partial charge in [0.25, 0.3) is 0 Å². The average molecular weight is 388 g/mol. The lowest BCUT2D eigenvalue weighted by Gasteiger charge is -2.30. The molecule has 0 aliphatic carbocycles. The summed E-state index contributed by atoms with van der Waals surface area (Å²) in [5.41, 5.74) is 1.43. The molecule has 0 bridgehead atoms. The second kappa shape index (κ2) is 8.43. The molecule has 0 aromatic heterocycles. The fourth-order valence-corrected chi connectivity index (χ4v) is 3.90. The number of anilines is 1. The Morgan fingerprint density at radius 2 is 2.07 bits per heavy atom. The van der Waals surface area contributed by atoms with Crippen LogP contribution in [0.25, 0.3) is 0 Å². The van der Waals surface area contributed by atoms with Crippen molar-refractivity contribution in [3.05, 3.63) is 53.8 Å². The Balaban J connectivity index is 1.74. The van der Waals surface area contributed by atoms with Crippen molar-refractivity contribution in [2.24, 2.45) is 0 Å². The van der Waals surface area contributed by atoms with Gasteiger partial charge in [-0.3, -0.25) is 9.59 Å². The number of carbonyl (C=O) groups excluding carboxylic acids is 2. The first kappa shape index (κ1) is 19.2. The highest BCUT2D eigenvalue weighted by Crippen LogP contribution is 2.34. The Kier molecular flexibility index (Phi) is 6.01. The second-order valence-electron chi connectivity index (χ2n) is 6.11. The van der Waals surface area contributed by atoms with E-state index in [1.165, 1.54) is 29.8 Å². The van der Waals surface area contributed by atoms with Crippen LogP contribution >= 0.6 is 11.8 Å². The normalized spacial score (nSPS) is 13.3. The number of hydrogen-bond acceptors (Lipinski definition) is 4. The van der Waals surface area contributed by atoms with Crippen LogP contribution < -0.4 is 9.64 Å². The van der Waals surface area contributed by atoms with E-state index in [-0.39, 0.29) is 30.7 Å². The third-order valence-electron chi connectivity index (χ3n) is 4.43. The van der Waals surface area contributed by atoms with Gasteiger partial charge in [-0.25, -0.2) is 4.39 Å². The molecule has 0 atom stereocenters. The summed E-state index contributed by atoms with van der Waals surface area (Å²) in [5.74, 6) is -0.237. The smallest absolute Gasteiger partial charge is 0.242 e. The van der Waals surface area contributed by atoms with Gasteiger partial charge < -0.3 is 14.5 Å². The molecule has 0 N–H and O–H groups in total. The lowest BCUT2D eigenvalue weighted by molar-refractivity contribution is -0.131. The van der Waals surface area contributed by atoms with Crippen LogP contribution in [0.15, 0.2) is 47.4 Å². The van der Waals surface area contributed by atoms with Crippen molar-refractivity contribution < 1.29 is 18.7 Å². The van der Waals surface area contributed by atoms with Gasteiger partial charge in [0.2, 0.25) is 11.8 Å². The standard InChI is InChI=1S/C20H21FN2O3S/c1-3-22(11-14-8-9-17(26-2)15(21)10-14)19(24)12-23-16-6-4-5-7-18(16)27-13-20(23)25/h4-10H,3,11-13H2,1-2H3. The molecule has 1 aliphatic rings. The maximum Gasteiger partial charge on any atom is 0.242 e. The van der Waals surface area contributed by atoms with Gasteiger partial charge in [-0.15, -0.1) is 11.8 Å². The molecular weight excluding hydrogens is 367 g/mol. The molecule has 0 saturated heterocycles. The van der Waals surface area contributed by atoms with Gasteiger partial charge in [0, 0.05) is 18.0 Å². The summed E-state index contributed by atoms with van der Waals surface area (Å²) in [5, 5.41) is 0. The molecule has 27 heavy (non-hydrogen) atoms. The number of ether oxygens (including phenoxy) is 1. The topological polar surface area (TPSA) is 49.9 Å². The van der Waals surface area contributed by atoms with E-state index in [2.05, 4.69) is 0 Å². The van der Waals surface area contributed by atoms with Gasteiger partial charge in [0.1, 0.15) is 6.54 Å². The summed E-state index contributed by atoms with van der Waals surface area (Å²) in [6.45, 7) is 2.57. The number of amides is 2. The van der Waals surface area contributed by atoms with Crippen molar-refractivity contribution >= 4 is 29.3 Å². The first-order chi connectivity index (χ1) is 13.0. The summed E-state index contributed by atoms with van der Waals surface area (Å²) in [6, 6.07) is 12.2. The van der Waals surface area contributed by atoms with Gasteiger partial charge in [-0.05, 0) is 36.8 Å². The minimum atomic E-state index is -0.462. The highest BCUT2D eigenvalue weighted by atomic mass is 32.2. The summed E-state index contributed by atoms with van der Waals surface area (Å²) in [6.07, 6.45) is 0. The number of likely N-dealkylation sites (N-methyl/N-ethyl adjacent to an activating group) is 1. The molecular formula is C20H21FN2O3S. The summed E-state index contributed by atoms with van der Waals surface area (Å²) in [4.78, 5) is 29.3. The average Bonchev–Trinajstić information content (AvgIpc) is 2.68. The Labute approximate surface area is 162 Å². The number of fused-ring (bicyclic) bond motifs is 1. The largest absolute Gasteiger partial charge is 0.494 e. The predicted octanol–water partition coefficient (Wildman–Crippen LogP) is 3.32. The van der Waals surface area contributed by atoms with Crippen molar-refractivity contribution in [1.82, 2.24) is 4.90 Å². The molecule has 0 spiro atoms. The lowest BCUT2D eigenvalue weighted by Crippen LogP contribution is -2.44. The van der Waals surface area contributed by atoms with Gasteiger partial charge in [-0.1, -0.05) is 18.2 Å². The molecule has 0 radical (unpaired) electrons. The predicted molar refractivity (Wildman–Crippen MR) is 104 cm³/mol. The first-order valence-corrected chi connectivity index (χ1v) is 9.64. The minimum Gasteiger partial charge on any atom is -0.494 e. The van der Waals surface area contributed by atoms with Gasteiger partial charge in [-0.2, -0.15) is 0 Å². The maximum atomic E-state index is 13.9. The Hall–Kier alpha value is -2.54. The molecule has 7 heteroatoms. The number of para-hydroxylation sites is 1. The fraction of sp³-hybridized carbons (Fsp3) is 0.300. The highest BCUT2D eigenvalue weighted by Gasteiger charge is 2.27. The second-order valence-corrected chi connectivity index (χ2v) is 7.13. The lowest BCUT2D eigenvalue weighted by atomic mass is 10.2. The molecule has 0 fully saturated rings.